The molecule has 2 amide bonds. The van der Waals surface area contributed by atoms with E-state index in [-0.39, 0.29) is 11.1 Å². The molecule has 0 saturated carbocycles. The number of imide groups is 1. The van der Waals surface area contributed by atoms with Gasteiger partial charge in [-0.1, -0.05) is 36.4 Å². The summed E-state index contributed by atoms with van der Waals surface area (Å²) in [6.07, 6.45) is 9.17. The Morgan fingerprint density at radius 1 is 1.05 bits per heavy atom. The van der Waals surface area contributed by atoms with E-state index in [4.69, 9.17) is 0 Å². The lowest BCUT2D eigenvalue weighted by Crippen LogP contribution is -2.17. The fourth-order valence-electron chi connectivity index (χ4n) is 1.88. The van der Waals surface area contributed by atoms with Crippen molar-refractivity contribution in [1.82, 2.24) is 5.32 Å². The van der Waals surface area contributed by atoms with Gasteiger partial charge in [-0.05, 0) is 41.4 Å². The van der Waals surface area contributed by atoms with Gasteiger partial charge in [-0.25, -0.2) is 0 Å². The molecule has 3 nitrogen and oxygen atoms in total. The number of carbonyl (C=O) groups excluding carboxylic acids is 2. The zero-order valence-corrected chi connectivity index (χ0v) is 12.5. The summed E-state index contributed by atoms with van der Waals surface area (Å²) in [5.74, 6) is -0.330. The summed E-state index contributed by atoms with van der Waals surface area (Å²) in [5, 5.41) is 3.14. The standard InChI is InChI=1S/C16H11NO2S2/c18-15-14(21-16(19)17-15)9-3-1-2-7-12-10-11-6-4-5-8-13(11)20-12/h1-10H,(H,17,18,19)/b3-1+,7-2+,14-9+. The summed E-state index contributed by atoms with van der Waals surface area (Å²) in [4.78, 5) is 23.9. The van der Waals surface area contributed by atoms with Gasteiger partial charge in [0.25, 0.3) is 11.1 Å². The Bertz CT molecular complexity index is 766. The van der Waals surface area contributed by atoms with Crippen molar-refractivity contribution in [1.29, 1.82) is 0 Å². The molecule has 3 rings (SSSR count). The first-order valence-corrected chi connectivity index (χ1v) is 7.92. The smallest absolute Gasteiger partial charge is 0.282 e. The molecule has 0 radical (unpaired) electrons. The third-order valence-electron chi connectivity index (χ3n) is 2.82. The zero-order valence-electron chi connectivity index (χ0n) is 10.9. The Kier molecular flexibility index (Phi) is 4.03. The van der Waals surface area contributed by atoms with Crippen LogP contribution in [0.5, 0.6) is 0 Å². The van der Waals surface area contributed by atoms with Gasteiger partial charge in [0.15, 0.2) is 0 Å². The van der Waals surface area contributed by atoms with Crippen LogP contribution in [0.25, 0.3) is 16.2 Å². The Hall–Kier alpha value is -2.11. The molecule has 0 aliphatic carbocycles. The van der Waals surface area contributed by atoms with Gasteiger partial charge in [-0.2, -0.15) is 0 Å². The maximum Gasteiger partial charge on any atom is 0.290 e. The van der Waals surface area contributed by atoms with Crippen LogP contribution in [-0.2, 0) is 4.79 Å². The highest BCUT2D eigenvalue weighted by molar-refractivity contribution is 8.18. The summed E-state index contributed by atoms with van der Waals surface area (Å²) in [6.45, 7) is 0. The maximum absolute atomic E-state index is 11.3. The Labute approximate surface area is 130 Å². The number of hydrogen-bond donors (Lipinski definition) is 1. The second kappa shape index (κ2) is 6.11. The number of benzene rings is 1. The fraction of sp³-hybridized carbons (Fsp3) is 0. The number of allylic oxidation sites excluding steroid dienone is 4. The molecule has 104 valence electrons. The fourth-order valence-corrected chi connectivity index (χ4v) is 3.49. The highest BCUT2D eigenvalue weighted by Gasteiger charge is 2.23. The van der Waals surface area contributed by atoms with Crippen LogP contribution in [0.2, 0.25) is 0 Å². The van der Waals surface area contributed by atoms with Crippen LogP contribution in [0.3, 0.4) is 0 Å². The van der Waals surface area contributed by atoms with E-state index < -0.39 is 0 Å². The second-order valence-electron chi connectivity index (χ2n) is 4.31. The largest absolute Gasteiger partial charge is 0.290 e. The van der Waals surface area contributed by atoms with Crippen LogP contribution >= 0.6 is 23.1 Å². The molecule has 0 unspecified atom stereocenters. The first-order valence-electron chi connectivity index (χ1n) is 6.29. The summed E-state index contributed by atoms with van der Waals surface area (Å²) < 4.78 is 1.26. The van der Waals surface area contributed by atoms with Crippen LogP contribution < -0.4 is 5.32 Å². The lowest BCUT2D eigenvalue weighted by atomic mass is 10.2. The van der Waals surface area contributed by atoms with E-state index in [2.05, 4.69) is 23.5 Å². The molecule has 0 atom stereocenters. The van der Waals surface area contributed by atoms with Crippen LogP contribution in [0.4, 0.5) is 4.79 Å². The predicted molar refractivity (Wildman–Crippen MR) is 89.2 cm³/mol. The quantitative estimate of drug-likeness (QED) is 0.677. The molecule has 1 N–H and O–H groups in total. The number of thiophene rings is 1. The molecule has 1 aliphatic heterocycles. The molecule has 0 bridgehead atoms. The van der Waals surface area contributed by atoms with Crippen molar-refractivity contribution in [3.63, 3.8) is 0 Å². The predicted octanol–water partition coefficient (Wildman–Crippen LogP) is 4.34. The lowest BCUT2D eigenvalue weighted by Gasteiger charge is -1.84. The van der Waals surface area contributed by atoms with E-state index in [1.54, 1.807) is 23.5 Å². The summed E-state index contributed by atoms with van der Waals surface area (Å²) in [5.41, 5.74) is 0. The third-order valence-corrected chi connectivity index (χ3v) is 4.73. The minimum absolute atomic E-state index is 0.319. The molecule has 21 heavy (non-hydrogen) atoms. The number of rotatable bonds is 3. The SMILES string of the molecule is O=C1NC(=O)\C(=C/C=C/C=C/c2cc3ccccc3s2)S1. The van der Waals surface area contributed by atoms with Crippen LogP contribution in [0.15, 0.2) is 59.5 Å². The lowest BCUT2D eigenvalue weighted by molar-refractivity contribution is -0.115. The molecule has 0 spiro atoms. The summed E-state index contributed by atoms with van der Waals surface area (Å²) >= 11 is 2.65. The molecule has 1 fully saturated rings. The van der Waals surface area contributed by atoms with Crippen LogP contribution in [0, 0.1) is 0 Å². The molecule has 1 saturated heterocycles. The van der Waals surface area contributed by atoms with Crippen LogP contribution in [-0.4, -0.2) is 11.1 Å². The number of hydrogen-bond acceptors (Lipinski definition) is 4. The minimum atomic E-state index is -0.330. The zero-order chi connectivity index (χ0) is 14.7. The van der Waals surface area contributed by atoms with Crippen LogP contribution in [0.1, 0.15) is 4.88 Å². The first kappa shape index (κ1) is 13.9. The first-order chi connectivity index (χ1) is 10.2. The minimum Gasteiger partial charge on any atom is -0.282 e. The highest BCUT2D eigenvalue weighted by Crippen LogP contribution is 2.26. The molecular weight excluding hydrogens is 302 g/mol. The molecule has 2 heterocycles. The van der Waals surface area contributed by atoms with Crippen molar-refractivity contribution in [3.8, 4) is 0 Å². The van der Waals surface area contributed by atoms with E-state index in [1.165, 1.54) is 15.0 Å². The number of amides is 2. The van der Waals surface area contributed by atoms with Gasteiger partial charge in [0.2, 0.25) is 0 Å². The van der Waals surface area contributed by atoms with E-state index >= 15 is 0 Å². The topological polar surface area (TPSA) is 46.2 Å². The number of carbonyl (C=O) groups is 2. The highest BCUT2D eigenvalue weighted by atomic mass is 32.2. The third kappa shape index (κ3) is 3.32. The van der Waals surface area contributed by atoms with E-state index in [0.717, 1.165) is 11.8 Å². The van der Waals surface area contributed by atoms with Gasteiger partial charge < -0.3 is 0 Å². The van der Waals surface area contributed by atoms with Crippen molar-refractivity contribution < 1.29 is 9.59 Å². The average molecular weight is 313 g/mol. The average Bonchev–Trinajstić information content (AvgIpc) is 3.01. The normalized spacial score (nSPS) is 17.6. The van der Waals surface area contributed by atoms with Gasteiger partial charge in [-0.3, -0.25) is 14.9 Å². The van der Waals surface area contributed by atoms with Gasteiger partial charge >= 0.3 is 0 Å². The van der Waals surface area contributed by atoms with Gasteiger partial charge in [0, 0.05) is 9.58 Å². The number of fused-ring (bicyclic) bond motifs is 1. The van der Waals surface area contributed by atoms with Gasteiger partial charge in [0.05, 0.1) is 4.91 Å². The Balaban J connectivity index is 1.66. The molecule has 5 heteroatoms. The number of thioether (sulfide) groups is 1. The second-order valence-corrected chi connectivity index (χ2v) is 6.44. The van der Waals surface area contributed by atoms with Crippen molar-refractivity contribution in [2.24, 2.45) is 0 Å². The van der Waals surface area contributed by atoms with E-state index in [9.17, 15) is 9.59 Å². The van der Waals surface area contributed by atoms with Gasteiger partial charge in [-0.15, -0.1) is 11.3 Å². The molecule has 2 aromatic rings. The van der Waals surface area contributed by atoms with E-state index in [1.807, 2.05) is 30.4 Å². The molecule has 1 aromatic carbocycles. The van der Waals surface area contributed by atoms with Crippen molar-refractivity contribution in [3.05, 3.63) is 64.4 Å². The van der Waals surface area contributed by atoms with Crippen molar-refractivity contribution in [2.45, 2.75) is 0 Å². The van der Waals surface area contributed by atoms with Gasteiger partial charge in [0.1, 0.15) is 0 Å². The maximum atomic E-state index is 11.3. The van der Waals surface area contributed by atoms with Crippen molar-refractivity contribution in [2.75, 3.05) is 0 Å². The molecule has 1 aliphatic rings. The summed E-state index contributed by atoms with van der Waals surface area (Å²) in [7, 11) is 0. The number of nitrogens with one attached hydrogen (secondary N) is 1. The van der Waals surface area contributed by atoms with Crippen molar-refractivity contribution >= 4 is 50.4 Å². The molecule has 1 aromatic heterocycles. The Morgan fingerprint density at radius 2 is 1.90 bits per heavy atom. The Morgan fingerprint density at radius 3 is 2.67 bits per heavy atom. The molecular formula is C16H11NO2S2. The van der Waals surface area contributed by atoms with E-state index in [0.29, 0.717) is 4.91 Å². The summed E-state index contributed by atoms with van der Waals surface area (Å²) in [6, 6.07) is 10.4. The monoisotopic (exact) mass is 313 g/mol.